The van der Waals surface area contributed by atoms with Crippen LogP contribution in [0.1, 0.15) is 24.5 Å². The minimum Gasteiger partial charge on any atom is -0.326 e. The van der Waals surface area contributed by atoms with Crippen molar-refractivity contribution >= 4 is 0 Å². The first-order chi connectivity index (χ1) is 9.76. The largest absolute Gasteiger partial charge is 0.326 e. The van der Waals surface area contributed by atoms with Crippen LogP contribution in [0.4, 0.5) is 0 Å². The molecule has 108 valence electrons. The minimum absolute atomic E-state index is 0.577. The molecule has 2 aromatic heterocycles. The van der Waals surface area contributed by atoms with Gasteiger partial charge < -0.3 is 10.6 Å². The molecule has 0 saturated heterocycles. The number of nitrogens with zero attached hydrogens (tertiary/aromatic N) is 3. The topological polar surface area (TPSA) is 55.0 Å². The monoisotopic (exact) mass is 272 g/mol. The molecule has 4 nitrogen and oxygen atoms in total. The van der Waals surface area contributed by atoms with Crippen molar-refractivity contribution in [3.05, 3.63) is 60.2 Å². The summed E-state index contributed by atoms with van der Waals surface area (Å²) in [4.78, 5) is 10.2. The van der Waals surface area contributed by atoms with Gasteiger partial charge in [-0.05, 0) is 43.3 Å². The van der Waals surface area contributed by atoms with Gasteiger partial charge in [0.1, 0.15) is 0 Å². The summed E-state index contributed by atoms with van der Waals surface area (Å²) in [5.41, 5.74) is 7.67. The summed E-state index contributed by atoms with van der Waals surface area (Å²) < 4.78 is 0. The Bertz CT molecular complexity index is 445. The lowest BCUT2D eigenvalue weighted by Gasteiger charge is -2.14. The highest BCUT2D eigenvalue weighted by molar-refractivity contribution is 5.08. The molecule has 0 atom stereocenters. The number of aromatic nitrogens is 2. The van der Waals surface area contributed by atoms with Crippen LogP contribution < -0.4 is 5.73 Å². The van der Waals surface area contributed by atoms with Gasteiger partial charge in [-0.2, -0.15) is 0 Å². The van der Waals surface area contributed by atoms with Crippen molar-refractivity contribution in [2.24, 2.45) is 5.73 Å². The summed E-state index contributed by atoms with van der Waals surface area (Å²) in [6, 6.07) is 7.92. The molecular formula is C16H24N4. The number of rotatable bonds is 5. The van der Waals surface area contributed by atoms with Crippen molar-refractivity contribution in [3.8, 4) is 0 Å². The van der Waals surface area contributed by atoms with Crippen LogP contribution in [0, 0.1) is 0 Å². The number of hydrogen-bond donors (Lipinski definition) is 1. The average molecular weight is 272 g/mol. The van der Waals surface area contributed by atoms with Gasteiger partial charge in [-0.15, -0.1) is 0 Å². The molecule has 0 aliphatic rings. The summed E-state index contributed by atoms with van der Waals surface area (Å²) in [5, 5.41) is 0. The highest BCUT2D eigenvalue weighted by Gasteiger charge is 1.97. The Morgan fingerprint density at radius 2 is 1.65 bits per heavy atom. The molecule has 0 aromatic carbocycles. The van der Waals surface area contributed by atoms with Gasteiger partial charge in [0.05, 0.1) is 0 Å². The van der Waals surface area contributed by atoms with Crippen LogP contribution in [-0.2, 0) is 13.1 Å². The van der Waals surface area contributed by atoms with Crippen LogP contribution in [0.2, 0.25) is 0 Å². The summed E-state index contributed by atoms with van der Waals surface area (Å²) in [6.07, 6.45) is 8.44. The van der Waals surface area contributed by atoms with Crippen LogP contribution in [0.15, 0.2) is 49.1 Å². The lowest BCUT2D eigenvalue weighted by Crippen LogP contribution is -2.18. The molecule has 4 heteroatoms. The summed E-state index contributed by atoms with van der Waals surface area (Å²) in [7, 11) is 2.14. The fraction of sp³-hybridized carbons (Fsp3) is 0.375. The van der Waals surface area contributed by atoms with E-state index in [4.69, 9.17) is 5.73 Å². The van der Waals surface area contributed by atoms with Crippen molar-refractivity contribution in [2.45, 2.75) is 26.4 Å². The van der Waals surface area contributed by atoms with Gasteiger partial charge in [0.15, 0.2) is 0 Å². The second kappa shape index (κ2) is 10.1. The van der Waals surface area contributed by atoms with E-state index in [1.54, 1.807) is 12.4 Å². The molecule has 20 heavy (non-hydrogen) atoms. The Labute approximate surface area is 121 Å². The van der Waals surface area contributed by atoms with E-state index in [1.165, 1.54) is 12.0 Å². The molecule has 0 fully saturated rings. The highest BCUT2D eigenvalue weighted by Crippen LogP contribution is 2.00. The predicted octanol–water partition coefficient (Wildman–Crippen LogP) is 2.46. The molecule has 2 heterocycles. The third kappa shape index (κ3) is 6.97. The molecule has 0 radical (unpaired) electrons. The normalized spacial score (nSPS) is 10.0. The molecular weight excluding hydrogens is 248 g/mol. The summed E-state index contributed by atoms with van der Waals surface area (Å²) in [5.74, 6) is 0. The molecule has 2 rings (SSSR count). The molecule has 2 aromatic rings. The molecule has 0 amide bonds. The van der Waals surface area contributed by atoms with E-state index in [0.717, 1.165) is 18.7 Å². The lowest BCUT2D eigenvalue weighted by molar-refractivity contribution is 0.327. The van der Waals surface area contributed by atoms with Crippen molar-refractivity contribution in [3.63, 3.8) is 0 Å². The second-order valence-electron chi connectivity index (χ2n) is 4.66. The summed E-state index contributed by atoms with van der Waals surface area (Å²) >= 11 is 0. The van der Waals surface area contributed by atoms with E-state index in [0.29, 0.717) is 6.54 Å². The maximum atomic E-state index is 5.31. The van der Waals surface area contributed by atoms with Gasteiger partial charge in [-0.25, -0.2) is 0 Å². The Morgan fingerprint density at radius 1 is 1.05 bits per heavy atom. The number of hydrogen-bond acceptors (Lipinski definition) is 4. The van der Waals surface area contributed by atoms with E-state index >= 15 is 0 Å². The zero-order chi connectivity index (χ0) is 14.6. The Kier molecular flexibility index (Phi) is 8.19. The van der Waals surface area contributed by atoms with Crippen LogP contribution in [0.3, 0.4) is 0 Å². The van der Waals surface area contributed by atoms with Gasteiger partial charge in [0.25, 0.3) is 0 Å². The minimum atomic E-state index is 0.577. The number of pyridine rings is 2. The highest BCUT2D eigenvalue weighted by atomic mass is 15.1. The van der Waals surface area contributed by atoms with Crippen molar-refractivity contribution in [1.29, 1.82) is 0 Å². The van der Waals surface area contributed by atoms with Crippen molar-refractivity contribution < 1.29 is 0 Å². The summed E-state index contributed by atoms with van der Waals surface area (Å²) in [6.45, 7) is 4.92. The van der Waals surface area contributed by atoms with Gasteiger partial charge in [-0.1, -0.05) is 19.1 Å². The van der Waals surface area contributed by atoms with Crippen LogP contribution in [-0.4, -0.2) is 28.5 Å². The van der Waals surface area contributed by atoms with Gasteiger partial charge in [0.2, 0.25) is 0 Å². The predicted molar refractivity (Wildman–Crippen MR) is 83.0 cm³/mol. The third-order valence-corrected chi connectivity index (χ3v) is 2.74. The van der Waals surface area contributed by atoms with E-state index in [9.17, 15) is 0 Å². The van der Waals surface area contributed by atoms with Crippen molar-refractivity contribution in [2.75, 3.05) is 13.6 Å². The molecule has 0 aliphatic carbocycles. The van der Waals surface area contributed by atoms with Gasteiger partial charge >= 0.3 is 0 Å². The van der Waals surface area contributed by atoms with E-state index in [-0.39, 0.29) is 0 Å². The van der Waals surface area contributed by atoms with Crippen LogP contribution in [0.5, 0.6) is 0 Å². The van der Waals surface area contributed by atoms with E-state index in [2.05, 4.69) is 34.9 Å². The third-order valence-electron chi connectivity index (χ3n) is 2.74. The fourth-order valence-electron chi connectivity index (χ4n) is 1.78. The fourth-order valence-corrected chi connectivity index (χ4v) is 1.78. The van der Waals surface area contributed by atoms with Crippen LogP contribution >= 0.6 is 0 Å². The maximum absolute atomic E-state index is 5.31. The smallest absolute Gasteiger partial charge is 0.0312 e. The Balaban J connectivity index is 0.000000217. The first kappa shape index (κ1) is 16.3. The molecule has 0 bridgehead atoms. The van der Waals surface area contributed by atoms with E-state index in [1.807, 2.05) is 30.6 Å². The Hall–Kier alpha value is -1.78. The average Bonchev–Trinajstić information content (AvgIpc) is 2.50. The first-order valence-corrected chi connectivity index (χ1v) is 6.92. The molecule has 0 aliphatic heterocycles. The Morgan fingerprint density at radius 3 is 2.05 bits per heavy atom. The quantitative estimate of drug-likeness (QED) is 0.908. The first-order valence-electron chi connectivity index (χ1n) is 6.92. The molecule has 0 unspecified atom stereocenters. The zero-order valence-electron chi connectivity index (χ0n) is 12.4. The molecule has 0 saturated carbocycles. The van der Waals surface area contributed by atoms with Gasteiger partial charge in [0, 0.05) is 37.9 Å². The molecule has 2 N–H and O–H groups in total. The van der Waals surface area contributed by atoms with Gasteiger partial charge in [-0.3, -0.25) is 9.97 Å². The number of nitrogens with two attached hydrogens (primary N) is 1. The van der Waals surface area contributed by atoms with Crippen molar-refractivity contribution in [1.82, 2.24) is 14.9 Å². The molecule has 0 spiro atoms. The van der Waals surface area contributed by atoms with Crippen LogP contribution in [0.25, 0.3) is 0 Å². The zero-order valence-corrected chi connectivity index (χ0v) is 12.4. The SMILES string of the molecule is CCCN(C)Cc1cccnc1.NCc1cccnc1. The lowest BCUT2D eigenvalue weighted by atomic mass is 10.2. The standard InChI is InChI=1S/C10H16N2.C6H8N2/c1-3-7-12(2)9-10-5-4-6-11-8-10;7-4-6-2-1-3-8-5-6/h4-6,8H,3,7,9H2,1-2H3;1-3,5H,4,7H2. The second-order valence-corrected chi connectivity index (χ2v) is 4.66. The van der Waals surface area contributed by atoms with E-state index < -0.39 is 0 Å². The maximum Gasteiger partial charge on any atom is 0.0312 e.